The van der Waals surface area contributed by atoms with Crippen molar-refractivity contribution in [2.24, 2.45) is 13.0 Å². The molecule has 0 aliphatic heterocycles. The van der Waals surface area contributed by atoms with Gasteiger partial charge in [-0.3, -0.25) is 9.48 Å². The highest BCUT2D eigenvalue weighted by atomic mass is 16.2. The Morgan fingerprint density at radius 1 is 1.44 bits per heavy atom. The molecular weight excluding hydrogens is 228 g/mol. The normalized spacial score (nSPS) is 12.8. The molecule has 0 saturated carbocycles. The van der Waals surface area contributed by atoms with Gasteiger partial charge in [-0.05, 0) is 25.8 Å². The Bertz CT molecular complexity index is 398. The molecule has 0 radical (unpaired) electrons. The van der Waals surface area contributed by atoms with E-state index >= 15 is 0 Å². The molecule has 0 bridgehead atoms. The molecule has 1 amide bonds. The molecule has 0 saturated heterocycles. The number of hydrogen-bond acceptors (Lipinski definition) is 3. The Balaban J connectivity index is 2.38. The van der Waals surface area contributed by atoms with Crippen LogP contribution in [0.2, 0.25) is 0 Å². The topological polar surface area (TPSA) is 59.0 Å². The monoisotopic (exact) mass is 252 g/mol. The van der Waals surface area contributed by atoms with Crippen molar-refractivity contribution < 1.29 is 4.79 Å². The molecule has 1 aromatic rings. The van der Waals surface area contributed by atoms with Crippen LogP contribution in [0.3, 0.4) is 0 Å². The summed E-state index contributed by atoms with van der Waals surface area (Å²) < 4.78 is 1.83. The van der Waals surface area contributed by atoms with Crippen LogP contribution in [0, 0.1) is 12.8 Å². The zero-order chi connectivity index (χ0) is 13.7. The van der Waals surface area contributed by atoms with Gasteiger partial charge in [-0.1, -0.05) is 13.8 Å². The predicted octanol–water partition coefficient (Wildman–Crippen LogP) is 0.979. The van der Waals surface area contributed by atoms with Gasteiger partial charge in [0.25, 0.3) is 0 Å². The van der Waals surface area contributed by atoms with E-state index in [4.69, 9.17) is 0 Å². The van der Waals surface area contributed by atoms with Crippen LogP contribution in [0.1, 0.15) is 32.2 Å². The van der Waals surface area contributed by atoms with Crippen molar-refractivity contribution in [2.75, 3.05) is 6.54 Å². The van der Waals surface area contributed by atoms with Crippen molar-refractivity contribution in [3.8, 4) is 0 Å². The largest absolute Gasteiger partial charge is 0.354 e. The fourth-order valence-electron chi connectivity index (χ4n) is 1.64. The highest BCUT2D eigenvalue weighted by molar-refractivity contribution is 5.81. The van der Waals surface area contributed by atoms with E-state index in [0.29, 0.717) is 12.5 Å². The number of aromatic nitrogens is 2. The van der Waals surface area contributed by atoms with Crippen molar-refractivity contribution in [3.63, 3.8) is 0 Å². The number of rotatable bonds is 6. The summed E-state index contributed by atoms with van der Waals surface area (Å²) >= 11 is 0. The Labute approximate surface area is 109 Å². The van der Waals surface area contributed by atoms with Gasteiger partial charge in [-0.2, -0.15) is 5.10 Å². The minimum Gasteiger partial charge on any atom is -0.354 e. The molecule has 102 valence electrons. The maximum absolute atomic E-state index is 11.8. The number of nitrogens with zero attached hydrogens (tertiary/aromatic N) is 2. The quantitative estimate of drug-likeness (QED) is 0.793. The second kappa shape index (κ2) is 6.54. The zero-order valence-corrected chi connectivity index (χ0v) is 11.9. The van der Waals surface area contributed by atoms with Crippen LogP contribution in [0.25, 0.3) is 0 Å². The number of carbonyl (C=O) groups excluding carboxylic acids is 1. The number of carbonyl (C=O) groups is 1. The lowest BCUT2D eigenvalue weighted by Gasteiger charge is -2.15. The number of aryl methyl sites for hydroxylation is 2. The molecule has 0 fully saturated rings. The number of nitrogens with one attached hydrogen (secondary N) is 2. The molecule has 5 nitrogen and oxygen atoms in total. The maximum atomic E-state index is 11.8. The minimum atomic E-state index is -0.195. The predicted molar refractivity (Wildman–Crippen MR) is 72.1 cm³/mol. The van der Waals surface area contributed by atoms with Gasteiger partial charge in [0.15, 0.2) is 0 Å². The van der Waals surface area contributed by atoms with Crippen LogP contribution in [-0.4, -0.2) is 28.3 Å². The molecule has 0 spiro atoms. The van der Waals surface area contributed by atoms with Crippen LogP contribution in [0.4, 0.5) is 0 Å². The fourth-order valence-corrected chi connectivity index (χ4v) is 1.64. The Morgan fingerprint density at radius 3 is 2.61 bits per heavy atom. The third-order valence-electron chi connectivity index (χ3n) is 2.77. The average molecular weight is 252 g/mol. The first-order valence-corrected chi connectivity index (χ1v) is 6.40. The Morgan fingerprint density at radius 2 is 2.11 bits per heavy atom. The van der Waals surface area contributed by atoms with Gasteiger partial charge in [0.1, 0.15) is 0 Å². The molecule has 0 aromatic carbocycles. The Kier molecular flexibility index (Phi) is 5.34. The van der Waals surface area contributed by atoms with Crippen LogP contribution in [0.5, 0.6) is 0 Å². The molecule has 1 rings (SSSR count). The van der Waals surface area contributed by atoms with Gasteiger partial charge >= 0.3 is 0 Å². The molecule has 0 aliphatic carbocycles. The van der Waals surface area contributed by atoms with E-state index in [9.17, 15) is 4.79 Å². The number of amides is 1. The van der Waals surface area contributed by atoms with E-state index in [1.54, 1.807) is 0 Å². The van der Waals surface area contributed by atoms with Gasteiger partial charge in [0, 0.05) is 20.1 Å². The van der Waals surface area contributed by atoms with E-state index < -0.39 is 0 Å². The molecule has 1 atom stereocenters. The molecular formula is C13H24N4O. The summed E-state index contributed by atoms with van der Waals surface area (Å²) in [5.74, 6) is 0.517. The summed E-state index contributed by atoms with van der Waals surface area (Å²) in [5.41, 5.74) is 2.07. The van der Waals surface area contributed by atoms with Crippen LogP contribution in [0.15, 0.2) is 6.07 Å². The van der Waals surface area contributed by atoms with Crippen molar-refractivity contribution >= 4 is 5.91 Å². The molecule has 1 unspecified atom stereocenters. The van der Waals surface area contributed by atoms with Crippen LogP contribution >= 0.6 is 0 Å². The van der Waals surface area contributed by atoms with E-state index in [-0.39, 0.29) is 11.9 Å². The first kappa shape index (κ1) is 14.7. The molecule has 0 aliphatic rings. The lowest BCUT2D eigenvalue weighted by Crippen LogP contribution is -2.43. The van der Waals surface area contributed by atoms with Gasteiger partial charge in [-0.25, -0.2) is 0 Å². The second-order valence-electron chi connectivity index (χ2n) is 5.14. The van der Waals surface area contributed by atoms with E-state index in [0.717, 1.165) is 17.9 Å². The standard InChI is InChI=1S/C13H24N4O/c1-9(2)7-15-13(18)11(4)14-8-12-6-10(3)16-17(12)5/h6,9,11,14H,7-8H2,1-5H3,(H,15,18). The third-order valence-corrected chi connectivity index (χ3v) is 2.77. The van der Waals surface area contributed by atoms with E-state index in [2.05, 4.69) is 29.6 Å². The first-order valence-electron chi connectivity index (χ1n) is 6.40. The highest BCUT2D eigenvalue weighted by Gasteiger charge is 2.13. The van der Waals surface area contributed by atoms with Crippen molar-refractivity contribution in [3.05, 3.63) is 17.5 Å². The smallest absolute Gasteiger partial charge is 0.236 e. The van der Waals surface area contributed by atoms with E-state index in [1.807, 2.05) is 31.6 Å². The molecule has 2 N–H and O–H groups in total. The maximum Gasteiger partial charge on any atom is 0.236 e. The lowest BCUT2D eigenvalue weighted by molar-refractivity contribution is -0.122. The Hall–Kier alpha value is -1.36. The average Bonchev–Trinajstić information content (AvgIpc) is 2.61. The van der Waals surface area contributed by atoms with Gasteiger partial charge in [0.2, 0.25) is 5.91 Å². The highest BCUT2D eigenvalue weighted by Crippen LogP contribution is 2.01. The number of hydrogen-bond donors (Lipinski definition) is 2. The molecule has 1 aromatic heterocycles. The van der Waals surface area contributed by atoms with Crippen molar-refractivity contribution in [1.82, 2.24) is 20.4 Å². The zero-order valence-electron chi connectivity index (χ0n) is 11.9. The van der Waals surface area contributed by atoms with Crippen LogP contribution in [-0.2, 0) is 18.4 Å². The SMILES string of the molecule is Cc1cc(CNC(C)C(=O)NCC(C)C)n(C)n1. The molecule has 18 heavy (non-hydrogen) atoms. The summed E-state index contributed by atoms with van der Waals surface area (Å²) in [5, 5.41) is 10.4. The third kappa shape index (κ3) is 4.49. The summed E-state index contributed by atoms with van der Waals surface area (Å²) in [6, 6.07) is 1.82. The summed E-state index contributed by atoms with van der Waals surface area (Å²) in [6.45, 7) is 9.36. The molecule has 1 heterocycles. The van der Waals surface area contributed by atoms with E-state index in [1.165, 1.54) is 0 Å². The first-order chi connectivity index (χ1) is 8.40. The summed E-state index contributed by atoms with van der Waals surface area (Å²) in [6.07, 6.45) is 0. The fraction of sp³-hybridized carbons (Fsp3) is 0.692. The lowest BCUT2D eigenvalue weighted by atomic mass is 10.2. The minimum absolute atomic E-state index is 0.0441. The van der Waals surface area contributed by atoms with Gasteiger partial charge in [0.05, 0.1) is 17.4 Å². The van der Waals surface area contributed by atoms with Crippen LogP contribution < -0.4 is 10.6 Å². The van der Waals surface area contributed by atoms with Gasteiger partial charge in [-0.15, -0.1) is 0 Å². The summed E-state index contributed by atoms with van der Waals surface area (Å²) in [7, 11) is 1.91. The van der Waals surface area contributed by atoms with Crippen molar-refractivity contribution in [1.29, 1.82) is 0 Å². The van der Waals surface area contributed by atoms with Crippen molar-refractivity contribution in [2.45, 2.75) is 40.3 Å². The second-order valence-corrected chi connectivity index (χ2v) is 5.14. The molecule has 5 heteroatoms. The van der Waals surface area contributed by atoms with Gasteiger partial charge < -0.3 is 10.6 Å². The summed E-state index contributed by atoms with van der Waals surface area (Å²) in [4.78, 5) is 11.8.